The molecule has 5 nitrogen and oxygen atoms in total. The summed E-state index contributed by atoms with van der Waals surface area (Å²) in [7, 11) is 0. The SMILES string of the molecule is O=NC(c1cccc(F)c1)c1c(NC(=O)CN2CCCCC2)sc2c1CCSC2. The number of anilines is 1. The van der Waals surface area contributed by atoms with Gasteiger partial charge in [-0.3, -0.25) is 9.69 Å². The van der Waals surface area contributed by atoms with Crippen LogP contribution in [0, 0.1) is 10.7 Å². The summed E-state index contributed by atoms with van der Waals surface area (Å²) in [6.07, 6.45) is 4.30. The number of hydrogen-bond acceptors (Lipinski definition) is 6. The van der Waals surface area contributed by atoms with Crippen LogP contribution < -0.4 is 5.32 Å². The fraction of sp³-hybridized carbons (Fsp3) is 0.476. The van der Waals surface area contributed by atoms with Gasteiger partial charge < -0.3 is 5.32 Å². The van der Waals surface area contributed by atoms with E-state index >= 15 is 0 Å². The summed E-state index contributed by atoms with van der Waals surface area (Å²) in [6.45, 7) is 2.25. The first-order valence-electron chi connectivity index (χ1n) is 9.98. The number of nitrogens with one attached hydrogen (secondary N) is 1. The number of thiophene rings is 1. The highest BCUT2D eigenvalue weighted by Gasteiger charge is 2.30. The van der Waals surface area contributed by atoms with Crippen molar-refractivity contribution >= 4 is 34.0 Å². The summed E-state index contributed by atoms with van der Waals surface area (Å²) in [6, 6.07) is 5.20. The minimum absolute atomic E-state index is 0.0664. The van der Waals surface area contributed by atoms with Crippen molar-refractivity contribution in [3.8, 4) is 0 Å². The lowest BCUT2D eigenvalue weighted by Gasteiger charge is -2.25. The fourth-order valence-electron chi connectivity index (χ4n) is 4.08. The molecule has 1 atom stereocenters. The Morgan fingerprint density at radius 3 is 2.86 bits per heavy atom. The molecule has 1 aromatic heterocycles. The van der Waals surface area contributed by atoms with Crippen LogP contribution in [0.25, 0.3) is 0 Å². The molecule has 0 saturated carbocycles. The molecule has 154 valence electrons. The molecule has 4 rings (SSSR count). The zero-order valence-corrected chi connectivity index (χ0v) is 17.8. The van der Waals surface area contributed by atoms with Gasteiger partial charge in [0.05, 0.1) is 6.54 Å². The Labute approximate surface area is 178 Å². The van der Waals surface area contributed by atoms with Crippen molar-refractivity contribution in [2.24, 2.45) is 5.18 Å². The van der Waals surface area contributed by atoms with Crippen LogP contribution in [0.4, 0.5) is 9.39 Å². The Morgan fingerprint density at radius 1 is 1.28 bits per heavy atom. The van der Waals surface area contributed by atoms with Gasteiger partial charge in [0, 0.05) is 16.2 Å². The number of amides is 1. The van der Waals surface area contributed by atoms with Crippen molar-refractivity contribution in [2.75, 3.05) is 30.7 Å². The third-order valence-corrected chi connectivity index (χ3v) is 7.80. The molecule has 29 heavy (non-hydrogen) atoms. The molecule has 8 heteroatoms. The average molecular weight is 434 g/mol. The molecule has 2 aromatic rings. The maximum absolute atomic E-state index is 13.8. The molecule has 0 radical (unpaired) electrons. The van der Waals surface area contributed by atoms with E-state index in [2.05, 4.69) is 15.4 Å². The molecule has 1 fully saturated rings. The van der Waals surface area contributed by atoms with Crippen molar-refractivity contribution in [3.05, 3.63) is 56.6 Å². The third-order valence-electron chi connectivity index (χ3n) is 5.47. The molecule has 3 heterocycles. The number of carbonyl (C=O) groups excluding carboxylic acids is 1. The van der Waals surface area contributed by atoms with Gasteiger partial charge >= 0.3 is 0 Å². The van der Waals surface area contributed by atoms with E-state index in [9.17, 15) is 14.1 Å². The summed E-state index contributed by atoms with van der Waals surface area (Å²) in [5.41, 5.74) is 2.36. The number of rotatable bonds is 6. The topological polar surface area (TPSA) is 61.8 Å². The van der Waals surface area contributed by atoms with Crippen molar-refractivity contribution in [1.29, 1.82) is 0 Å². The van der Waals surface area contributed by atoms with Crippen LogP contribution in [-0.4, -0.2) is 36.2 Å². The van der Waals surface area contributed by atoms with E-state index in [0.29, 0.717) is 17.1 Å². The summed E-state index contributed by atoms with van der Waals surface area (Å²) in [4.78, 5) is 27.9. The van der Waals surface area contributed by atoms with Crippen LogP contribution in [0.15, 0.2) is 29.4 Å². The monoisotopic (exact) mass is 433 g/mol. The van der Waals surface area contributed by atoms with Crippen LogP contribution in [0.1, 0.15) is 46.9 Å². The van der Waals surface area contributed by atoms with Gasteiger partial charge in [-0.15, -0.1) is 16.2 Å². The lowest BCUT2D eigenvalue weighted by Crippen LogP contribution is -2.36. The van der Waals surface area contributed by atoms with Crippen LogP contribution in [0.5, 0.6) is 0 Å². The molecule has 2 aliphatic rings. The van der Waals surface area contributed by atoms with Crippen molar-refractivity contribution in [3.63, 3.8) is 0 Å². The van der Waals surface area contributed by atoms with Crippen LogP contribution in [0.3, 0.4) is 0 Å². The highest BCUT2D eigenvalue weighted by atomic mass is 32.2. The first kappa shape index (κ1) is 20.5. The molecule has 1 N–H and O–H groups in total. The van der Waals surface area contributed by atoms with E-state index < -0.39 is 11.9 Å². The molecular formula is C21H24FN3O2S2. The predicted octanol–water partition coefficient (Wildman–Crippen LogP) is 4.96. The number of piperidine rings is 1. The van der Waals surface area contributed by atoms with Gasteiger partial charge in [0.2, 0.25) is 5.91 Å². The number of benzene rings is 1. The normalized spacial score (nSPS) is 18.1. The van der Waals surface area contributed by atoms with Crippen LogP contribution in [-0.2, 0) is 17.0 Å². The Kier molecular flexibility index (Phi) is 6.62. The summed E-state index contributed by atoms with van der Waals surface area (Å²) >= 11 is 3.38. The highest BCUT2D eigenvalue weighted by molar-refractivity contribution is 7.98. The van der Waals surface area contributed by atoms with Gasteiger partial charge in [0.25, 0.3) is 0 Å². The zero-order valence-electron chi connectivity index (χ0n) is 16.2. The second-order valence-corrected chi connectivity index (χ2v) is 9.71. The number of carbonyl (C=O) groups is 1. The first-order chi connectivity index (χ1) is 14.2. The lowest BCUT2D eigenvalue weighted by molar-refractivity contribution is -0.117. The second kappa shape index (κ2) is 9.36. The van der Waals surface area contributed by atoms with Crippen molar-refractivity contribution in [2.45, 2.75) is 37.5 Å². The number of likely N-dealkylation sites (tertiary alicyclic amines) is 1. The van der Waals surface area contributed by atoms with E-state index in [1.54, 1.807) is 12.1 Å². The summed E-state index contributed by atoms with van der Waals surface area (Å²) in [5.74, 6) is 1.37. The van der Waals surface area contributed by atoms with Gasteiger partial charge in [-0.2, -0.15) is 11.8 Å². The largest absolute Gasteiger partial charge is 0.316 e. The minimum atomic E-state index is -0.820. The molecular weight excluding hydrogens is 409 g/mol. The number of nitrogens with zero attached hydrogens (tertiary/aromatic N) is 2. The standard InChI is InChI=1S/C21H24FN3O2S2/c22-15-6-4-5-14(11-15)20(24-27)19-16-7-10-28-13-17(16)29-21(19)23-18(26)12-25-8-2-1-3-9-25/h4-6,11,20H,1-3,7-10,12-13H2,(H,23,26). The molecule has 2 aliphatic heterocycles. The van der Waals surface area contributed by atoms with Crippen molar-refractivity contribution < 1.29 is 9.18 Å². The molecule has 1 aromatic carbocycles. The Balaban J connectivity index is 1.64. The van der Waals surface area contributed by atoms with Gasteiger partial charge in [0.15, 0.2) is 0 Å². The van der Waals surface area contributed by atoms with Crippen molar-refractivity contribution in [1.82, 2.24) is 4.90 Å². The second-order valence-electron chi connectivity index (χ2n) is 7.50. The third kappa shape index (κ3) is 4.70. The van der Waals surface area contributed by atoms with E-state index in [0.717, 1.165) is 55.0 Å². The molecule has 0 aliphatic carbocycles. The smallest absolute Gasteiger partial charge is 0.239 e. The summed E-state index contributed by atoms with van der Waals surface area (Å²) < 4.78 is 13.8. The molecule has 1 saturated heterocycles. The average Bonchev–Trinajstić information content (AvgIpc) is 3.07. The lowest BCUT2D eigenvalue weighted by atomic mass is 9.95. The van der Waals surface area contributed by atoms with Gasteiger partial charge in [-0.1, -0.05) is 23.7 Å². The van der Waals surface area contributed by atoms with Crippen LogP contribution in [0.2, 0.25) is 0 Å². The maximum Gasteiger partial charge on any atom is 0.239 e. The molecule has 0 spiro atoms. The van der Waals surface area contributed by atoms with Gasteiger partial charge in [-0.25, -0.2) is 4.39 Å². The van der Waals surface area contributed by atoms with Gasteiger partial charge in [-0.05, 0) is 61.4 Å². The minimum Gasteiger partial charge on any atom is -0.316 e. The Bertz CT molecular complexity index is 896. The van der Waals surface area contributed by atoms with Crippen LogP contribution >= 0.6 is 23.1 Å². The molecule has 1 amide bonds. The fourth-order valence-corrected chi connectivity index (χ4v) is 6.51. The Hall–Kier alpha value is -1.77. The van der Waals surface area contributed by atoms with E-state index in [-0.39, 0.29) is 5.91 Å². The highest BCUT2D eigenvalue weighted by Crippen LogP contribution is 2.45. The maximum atomic E-state index is 13.8. The number of fused-ring (bicyclic) bond motifs is 1. The molecule has 0 bridgehead atoms. The number of nitroso groups, excluding NO2 is 1. The first-order valence-corrected chi connectivity index (χ1v) is 11.9. The number of halogens is 1. The number of hydrogen-bond donors (Lipinski definition) is 1. The predicted molar refractivity (Wildman–Crippen MR) is 117 cm³/mol. The molecule has 1 unspecified atom stereocenters. The quantitative estimate of drug-likeness (QED) is 0.655. The Morgan fingerprint density at radius 2 is 2.10 bits per heavy atom. The summed E-state index contributed by atoms with van der Waals surface area (Å²) in [5, 5.41) is 7.09. The van der Waals surface area contributed by atoms with E-state index in [1.165, 1.54) is 34.8 Å². The number of thioether (sulfide) groups is 1. The van der Waals surface area contributed by atoms with E-state index in [1.807, 2.05) is 11.8 Å². The zero-order chi connectivity index (χ0) is 20.2. The van der Waals surface area contributed by atoms with E-state index in [4.69, 9.17) is 0 Å². The van der Waals surface area contributed by atoms with Gasteiger partial charge in [0.1, 0.15) is 16.9 Å².